The van der Waals surface area contributed by atoms with Crippen molar-refractivity contribution in [3.63, 3.8) is 0 Å². The van der Waals surface area contributed by atoms with Crippen molar-refractivity contribution in [3.8, 4) is 11.1 Å². The van der Waals surface area contributed by atoms with E-state index in [1.54, 1.807) is 40.5 Å². The minimum absolute atomic E-state index is 0.0232. The molecule has 3 aromatic rings. The van der Waals surface area contributed by atoms with E-state index in [-0.39, 0.29) is 43.0 Å². The van der Waals surface area contributed by atoms with Gasteiger partial charge in [-0.25, -0.2) is 0 Å². The fourth-order valence-corrected chi connectivity index (χ4v) is 4.76. The molecule has 7 heteroatoms. The number of amides is 2. The number of carbonyl (C=O) groups excluding carboxylic acids is 2. The molecule has 0 radical (unpaired) electrons. The zero-order valence-corrected chi connectivity index (χ0v) is 16.8. The summed E-state index contributed by atoms with van der Waals surface area (Å²) in [6.45, 7) is 0.370. The summed E-state index contributed by atoms with van der Waals surface area (Å²) in [5, 5.41) is 9.97. The summed E-state index contributed by atoms with van der Waals surface area (Å²) < 4.78 is 0. The summed E-state index contributed by atoms with van der Waals surface area (Å²) in [6.07, 6.45) is 6.71. The van der Waals surface area contributed by atoms with E-state index in [1.165, 1.54) is 0 Å². The second-order valence-electron chi connectivity index (χ2n) is 7.93. The Morgan fingerprint density at radius 3 is 2.45 bits per heavy atom. The van der Waals surface area contributed by atoms with Crippen LogP contribution in [-0.2, 0) is 4.79 Å². The van der Waals surface area contributed by atoms with Gasteiger partial charge in [-0.3, -0.25) is 19.6 Å². The van der Waals surface area contributed by atoms with Crippen LogP contribution in [0.25, 0.3) is 11.1 Å². The lowest BCUT2D eigenvalue weighted by Crippen LogP contribution is -2.73. The highest BCUT2D eigenvalue weighted by Gasteiger charge is 2.54. The molecule has 0 unspecified atom stereocenters. The van der Waals surface area contributed by atoms with E-state index < -0.39 is 0 Å². The zero-order chi connectivity index (χ0) is 21.4. The number of carbonyl (C=O) groups is 2. The summed E-state index contributed by atoms with van der Waals surface area (Å²) in [5.74, 6) is -0.320. The Kier molecular flexibility index (Phi) is 4.95. The van der Waals surface area contributed by atoms with Crippen LogP contribution in [0.5, 0.6) is 0 Å². The van der Waals surface area contributed by atoms with E-state index in [0.29, 0.717) is 12.1 Å². The van der Waals surface area contributed by atoms with Crippen molar-refractivity contribution < 1.29 is 14.7 Å². The minimum Gasteiger partial charge on any atom is -0.394 e. The van der Waals surface area contributed by atoms with Crippen LogP contribution in [0.2, 0.25) is 0 Å². The first kappa shape index (κ1) is 19.4. The Bertz CT molecular complexity index is 1090. The first-order valence-electron chi connectivity index (χ1n) is 10.3. The van der Waals surface area contributed by atoms with Crippen molar-refractivity contribution in [2.75, 3.05) is 19.7 Å². The van der Waals surface area contributed by atoms with Crippen LogP contribution >= 0.6 is 0 Å². The average molecular weight is 414 g/mol. The van der Waals surface area contributed by atoms with Gasteiger partial charge in [-0.15, -0.1) is 0 Å². The van der Waals surface area contributed by atoms with Gasteiger partial charge in [0.25, 0.3) is 5.91 Å². The number of rotatable bonds is 4. The van der Waals surface area contributed by atoms with Gasteiger partial charge in [0.1, 0.15) is 6.54 Å². The molecule has 2 aromatic heterocycles. The predicted molar refractivity (Wildman–Crippen MR) is 114 cm³/mol. The number of benzene rings is 1. The van der Waals surface area contributed by atoms with Crippen molar-refractivity contribution >= 4 is 11.8 Å². The maximum atomic E-state index is 12.9. The van der Waals surface area contributed by atoms with E-state index >= 15 is 0 Å². The molecule has 0 saturated carbocycles. The molecule has 2 aliphatic heterocycles. The van der Waals surface area contributed by atoms with Crippen LogP contribution in [0, 0.1) is 0 Å². The van der Waals surface area contributed by atoms with Crippen molar-refractivity contribution in [2.45, 2.75) is 18.0 Å². The molecule has 5 rings (SSSR count). The Morgan fingerprint density at radius 1 is 1.00 bits per heavy atom. The van der Waals surface area contributed by atoms with Gasteiger partial charge in [0.15, 0.2) is 0 Å². The summed E-state index contributed by atoms with van der Waals surface area (Å²) in [4.78, 5) is 37.1. The highest BCUT2D eigenvalue weighted by Crippen LogP contribution is 2.43. The number of pyridine rings is 2. The Morgan fingerprint density at radius 2 is 1.77 bits per heavy atom. The molecule has 4 heterocycles. The molecule has 31 heavy (non-hydrogen) atoms. The molecule has 2 saturated heterocycles. The topological polar surface area (TPSA) is 86.6 Å². The highest BCUT2D eigenvalue weighted by atomic mass is 16.3. The molecule has 7 nitrogen and oxygen atoms in total. The third-order valence-corrected chi connectivity index (χ3v) is 6.26. The van der Waals surface area contributed by atoms with Crippen molar-refractivity contribution in [1.29, 1.82) is 0 Å². The van der Waals surface area contributed by atoms with Crippen LogP contribution in [0.15, 0.2) is 73.3 Å². The number of piperazine rings is 1. The van der Waals surface area contributed by atoms with Crippen molar-refractivity contribution in [1.82, 2.24) is 19.8 Å². The second-order valence-corrected chi connectivity index (χ2v) is 7.93. The SMILES string of the molecule is O=C(c1ccncc1)N1CC(=O)N2[C@@H](CO)[C@@H](c3ccc(-c4cccnc4)cc3)[C@@H]2C1. The van der Waals surface area contributed by atoms with Gasteiger partial charge in [-0.05, 0) is 34.9 Å². The lowest BCUT2D eigenvalue weighted by atomic mass is 9.73. The predicted octanol–water partition coefficient (Wildman–Crippen LogP) is 1.95. The fraction of sp³-hybridized carbons (Fsp3) is 0.250. The lowest BCUT2D eigenvalue weighted by molar-refractivity contribution is -0.159. The first-order chi connectivity index (χ1) is 15.2. The number of hydrogen-bond donors (Lipinski definition) is 1. The van der Waals surface area contributed by atoms with E-state index in [0.717, 1.165) is 16.7 Å². The van der Waals surface area contributed by atoms with E-state index in [1.807, 2.05) is 42.6 Å². The van der Waals surface area contributed by atoms with E-state index in [4.69, 9.17) is 0 Å². The number of hydrogen-bond acceptors (Lipinski definition) is 5. The molecule has 0 aliphatic carbocycles. The molecule has 0 spiro atoms. The van der Waals surface area contributed by atoms with Crippen LogP contribution in [0.3, 0.4) is 0 Å². The van der Waals surface area contributed by atoms with Gasteiger partial charge in [-0.2, -0.15) is 0 Å². The number of fused-ring (bicyclic) bond motifs is 1. The number of aliphatic hydroxyl groups excluding tert-OH is 1. The average Bonchev–Trinajstić information content (AvgIpc) is 2.81. The van der Waals surface area contributed by atoms with Crippen LogP contribution in [0.1, 0.15) is 21.8 Å². The fourth-order valence-electron chi connectivity index (χ4n) is 4.76. The molecule has 2 amide bonds. The molecule has 2 fully saturated rings. The molecule has 2 aliphatic rings. The second kappa shape index (κ2) is 7.92. The Balaban J connectivity index is 1.39. The largest absolute Gasteiger partial charge is 0.394 e. The normalized spacial score (nSPS) is 22.6. The van der Waals surface area contributed by atoms with Crippen LogP contribution < -0.4 is 0 Å². The monoisotopic (exact) mass is 414 g/mol. The molecular weight excluding hydrogens is 392 g/mol. The Labute approximate surface area is 180 Å². The number of nitrogens with zero attached hydrogens (tertiary/aromatic N) is 4. The summed E-state index contributed by atoms with van der Waals surface area (Å²) >= 11 is 0. The summed E-state index contributed by atoms with van der Waals surface area (Å²) in [7, 11) is 0. The molecule has 1 aromatic carbocycles. The first-order valence-corrected chi connectivity index (χ1v) is 10.3. The van der Waals surface area contributed by atoms with Gasteiger partial charge < -0.3 is 14.9 Å². The smallest absolute Gasteiger partial charge is 0.254 e. The maximum absolute atomic E-state index is 12.9. The molecule has 3 atom stereocenters. The van der Waals surface area contributed by atoms with Crippen molar-refractivity contribution in [2.24, 2.45) is 0 Å². The number of aromatic nitrogens is 2. The van der Waals surface area contributed by atoms with Gasteiger partial charge in [0.2, 0.25) is 5.91 Å². The zero-order valence-electron chi connectivity index (χ0n) is 16.8. The van der Waals surface area contributed by atoms with Gasteiger partial charge in [0.05, 0.1) is 18.7 Å². The molecule has 1 N–H and O–H groups in total. The summed E-state index contributed by atoms with van der Waals surface area (Å²) in [5.41, 5.74) is 3.67. The maximum Gasteiger partial charge on any atom is 0.254 e. The third kappa shape index (κ3) is 3.37. The number of aliphatic hydroxyl groups is 1. The lowest BCUT2D eigenvalue weighted by Gasteiger charge is -2.58. The Hall–Kier alpha value is -3.58. The van der Waals surface area contributed by atoms with E-state index in [2.05, 4.69) is 9.97 Å². The third-order valence-electron chi connectivity index (χ3n) is 6.26. The van der Waals surface area contributed by atoms with Gasteiger partial charge in [-0.1, -0.05) is 30.3 Å². The summed E-state index contributed by atoms with van der Waals surface area (Å²) in [6, 6.07) is 15.0. The quantitative estimate of drug-likeness (QED) is 0.705. The standard InChI is InChI=1S/C24H22N4O3/c29-15-21-23(17-5-3-16(4-6-17)19-2-1-9-26-12-19)20-13-27(14-22(30)28(20)21)24(31)18-7-10-25-11-8-18/h1-12,20-21,23,29H,13-15H2/t20-,21-,23-/m0/s1. The molecule has 0 bridgehead atoms. The van der Waals surface area contributed by atoms with Crippen LogP contribution in [-0.4, -0.2) is 68.5 Å². The van der Waals surface area contributed by atoms with Gasteiger partial charge in [0, 0.05) is 42.8 Å². The molecule has 156 valence electrons. The molecular formula is C24H22N4O3. The van der Waals surface area contributed by atoms with E-state index in [9.17, 15) is 14.7 Å². The minimum atomic E-state index is -0.264. The van der Waals surface area contributed by atoms with Crippen molar-refractivity contribution in [3.05, 3.63) is 84.4 Å². The van der Waals surface area contributed by atoms with Crippen LogP contribution in [0.4, 0.5) is 0 Å². The van der Waals surface area contributed by atoms with Gasteiger partial charge >= 0.3 is 0 Å². The highest BCUT2D eigenvalue weighted by molar-refractivity contribution is 5.97.